The zero-order valence-corrected chi connectivity index (χ0v) is 28.2. The van der Waals surface area contributed by atoms with E-state index in [0.717, 1.165) is 94.6 Å². The quantitative estimate of drug-likeness (QED) is 0.227. The van der Waals surface area contributed by atoms with Crippen molar-refractivity contribution in [3.63, 3.8) is 0 Å². The van der Waals surface area contributed by atoms with Crippen molar-refractivity contribution >= 4 is 11.9 Å². The molecule has 0 amide bonds. The number of ether oxygens (including phenoxy) is 2. The molecule has 0 spiro atoms. The highest BCUT2D eigenvalue weighted by Gasteiger charge is 2.20. The standard InChI is InChI=1S/C24H36N4O2.C11H18N4/c1-6-19-14-25-24(26-15-19)27-21-7-9-28(10-8-21)16-20-11-22(29-17(2)3)13-23(12-20)30-18(4)5;1-2-9-7-13-11(14-8-9)15-10-3-5-12-6-4-10/h11-15,17-18,21H,6-10,16H2,1-5H3,(H,25,26,27);7-8,10,12H,2-6H2,1H3,(H,13,14,15). The molecule has 0 radical (unpaired) electrons. The van der Waals surface area contributed by atoms with Crippen molar-refractivity contribution in [2.75, 3.05) is 36.8 Å². The van der Waals surface area contributed by atoms with Gasteiger partial charge in [0.1, 0.15) is 11.5 Å². The van der Waals surface area contributed by atoms with Crippen LogP contribution in [0, 0.1) is 0 Å². The average Bonchev–Trinajstić information content (AvgIpc) is 3.03. The predicted octanol–water partition coefficient (Wildman–Crippen LogP) is 5.89. The maximum Gasteiger partial charge on any atom is 0.222 e. The van der Waals surface area contributed by atoms with Gasteiger partial charge in [-0.05, 0) is 108 Å². The monoisotopic (exact) mass is 618 g/mol. The normalized spacial score (nSPS) is 16.3. The number of aryl methyl sites for hydroxylation is 2. The Hall–Kier alpha value is -3.50. The summed E-state index contributed by atoms with van der Waals surface area (Å²) in [6.07, 6.45) is 14.3. The third-order valence-corrected chi connectivity index (χ3v) is 7.91. The number of nitrogens with zero attached hydrogens (tertiary/aromatic N) is 5. The van der Waals surface area contributed by atoms with Gasteiger partial charge in [-0.25, -0.2) is 19.9 Å². The molecule has 0 atom stereocenters. The Kier molecular flexibility index (Phi) is 13.6. The molecule has 0 saturated carbocycles. The fourth-order valence-corrected chi connectivity index (χ4v) is 5.45. The first-order valence-electron chi connectivity index (χ1n) is 16.8. The van der Waals surface area contributed by atoms with Gasteiger partial charge in [-0.2, -0.15) is 0 Å². The van der Waals surface area contributed by atoms with Crippen LogP contribution in [-0.4, -0.2) is 75.3 Å². The van der Waals surface area contributed by atoms with Gasteiger partial charge in [-0.15, -0.1) is 0 Å². The summed E-state index contributed by atoms with van der Waals surface area (Å²) in [4.78, 5) is 20.0. The minimum absolute atomic E-state index is 0.141. The van der Waals surface area contributed by atoms with Crippen LogP contribution in [-0.2, 0) is 19.4 Å². The molecular formula is C35H54N8O2. The van der Waals surface area contributed by atoms with Gasteiger partial charge in [-0.3, -0.25) is 4.90 Å². The number of likely N-dealkylation sites (tertiary alicyclic amines) is 1. The van der Waals surface area contributed by atoms with E-state index in [0.29, 0.717) is 12.1 Å². The third-order valence-electron chi connectivity index (χ3n) is 7.91. The number of hydrogen-bond acceptors (Lipinski definition) is 10. The second-order valence-electron chi connectivity index (χ2n) is 12.5. The molecule has 45 heavy (non-hydrogen) atoms. The molecule has 3 N–H and O–H groups in total. The lowest BCUT2D eigenvalue weighted by atomic mass is 10.0. The van der Waals surface area contributed by atoms with Crippen LogP contribution >= 0.6 is 0 Å². The Morgan fingerprint density at radius 3 is 1.56 bits per heavy atom. The molecule has 2 saturated heterocycles. The third kappa shape index (κ3) is 12.1. The van der Waals surface area contributed by atoms with E-state index in [-0.39, 0.29) is 12.2 Å². The van der Waals surface area contributed by atoms with Gasteiger partial charge >= 0.3 is 0 Å². The van der Waals surface area contributed by atoms with Crippen LogP contribution in [0.4, 0.5) is 11.9 Å². The molecule has 10 heteroatoms. The van der Waals surface area contributed by atoms with Gasteiger partial charge < -0.3 is 25.4 Å². The van der Waals surface area contributed by atoms with Crippen LogP contribution in [0.3, 0.4) is 0 Å². The minimum Gasteiger partial charge on any atom is -0.491 e. The zero-order valence-electron chi connectivity index (χ0n) is 28.2. The summed E-state index contributed by atoms with van der Waals surface area (Å²) in [6, 6.07) is 7.22. The van der Waals surface area contributed by atoms with Gasteiger partial charge in [0, 0.05) is 62.6 Å². The summed E-state index contributed by atoms with van der Waals surface area (Å²) in [5.41, 5.74) is 3.58. The molecule has 2 aliphatic heterocycles. The second-order valence-corrected chi connectivity index (χ2v) is 12.5. The molecule has 2 aromatic heterocycles. The summed E-state index contributed by atoms with van der Waals surface area (Å²) in [7, 11) is 0. The van der Waals surface area contributed by atoms with Crippen LogP contribution in [0.5, 0.6) is 11.5 Å². The van der Waals surface area contributed by atoms with Crippen molar-refractivity contribution in [1.29, 1.82) is 0 Å². The van der Waals surface area contributed by atoms with E-state index in [1.165, 1.54) is 16.7 Å². The summed E-state index contributed by atoms with van der Waals surface area (Å²) in [5, 5.41) is 10.2. The van der Waals surface area contributed by atoms with Crippen molar-refractivity contribution in [2.45, 2.75) is 111 Å². The first kappa shape index (κ1) is 34.4. The van der Waals surface area contributed by atoms with Crippen LogP contribution in [0.15, 0.2) is 43.0 Å². The summed E-state index contributed by atoms with van der Waals surface area (Å²) in [6.45, 7) is 17.6. The Morgan fingerprint density at radius 1 is 0.689 bits per heavy atom. The highest BCUT2D eigenvalue weighted by Crippen LogP contribution is 2.27. The van der Waals surface area contributed by atoms with Crippen molar-refractivity contribution in [2.24, 2.45) is 0 Å². The Morgan fingerprint density at radius 2 is 1.13 bits per heavy atom. The largest absolute Gasteiger partial charge is 0.491 e. The number of hydrogen-bond donors (Lipinski definition) is 3. The highest BCUT2D eigenvalue weighted by atomic mass is 16.5. The maximum absolute atomic E-state index is 5.94. The van der Waals surface area contributed by atoms with Gasteiger partial charge in [0.25, 0.3) is 0 Å². The molecule has 5 rings (SSSR count). The van der Waals surface area contributed by atoms with Gasteiger partial charge in [0.2, 0.25) is 11.9 Å². The first-order chi connectivity index (χ1) is 21.8. The number of benzene rings is 1. The van der Waals surface area contributed by atoms with Crippen molar-refractivity contribution in [3.05, 3.63) is 59.7 Å². The Labute approximate surface area is 270 Å². The second kappa shape index (κ2) is 17.8. The lowest BCUT2D eigenvalue weighted by Gasteiger charge is -2.32. The lowest BCUT2D eigenvalue weighted by Crippen LogP contribution is -2.39. The van der Waals surface area contributed by atoms with Gasteiger partial charge in [-0.1, -0.05) is 13.8 Å². The molecular weight excluding hydrogens is 564 g/mol. The van der Waals surface area contributed by atoms with Crippen LogP contribution in [0.1, 0.15) is 83.9 Å². The minimum atomic E-state index is 0.141. The molecule has 2 aliphatic rings. The molecule has 0 bridgehead atoms. The van der Waals surface area contributed by atoms with E-state index in [1.54, 1.807) is 0 Å². The van der Waals surface area contributed by atoms with E-state index < -0.39 is 0 Å². The fourth-order valence-electron chi connectivity index (χ4n) is 5.45. The number of nitrogens with one attached hydrogen (secondary N) is 3. The molecule has 10 nitrogen and oxygen atoms in total. The molecule has 4 heterocycles. The lowest BCUT2D eigenvalue weighted by molar-refractivity contribution is 0.207. The predicted molar refractivity (Wildman–Crippen MR) is 182 cm³/mol. The van der Waals surface area contributed by atoms with E-state index in [2.05, 4.69) is 66.8 Å². The first-order valence-corrected chi connectivity index (χ1v) is 16.8. The van der Waals surface area contributed by atoms with Crippen LogP contribution in [0.25, 0.3) is 0 Å². The molecule has 2 fully saturated rings. The summed E-state index contributed by atoms with van der Waals surface area (Å²) in [5.74, 6) is 3.25. The van der Waals surface area contributed by atoms with E-state index in [1.807, 2.05) is 58.5 Å². The van der Waals surface area contributed by atoms with Crippen molar-refractivity contribution in [3.8, 4) is 11.5 Å². The molecule has 246 valence electrons. The molecule has 0 aliphatic carbocycles. The van der Waals surface area contributed by atoms with Crippen molar-refractivity contribution in [1.82, 2.24) is 30.2 Å². The van der Waals surface area contributed by atoms with E-state index in [4.69, 9.17) is 9.47 Å². The Bertz CT molecular complexity index is 1230. The smallest absolute Gasteiger partial charge is 0.222 e. The summed E-state index contributed by atoms with van der Waals surface area (Å²) >= 11 is 0. The molecule has 0 unspecified atom stereocenters. The van der Waals surface area contributed by atoms with E-state index in [9.17, 15) is 0 Å². The van der Waals surface area contributed by atoms with Gasteiger partial charge in [0.15, 0.2) is 0 Å². The molecule has 3 aromatic rings. The van der Waals surface area contributed by atoms with Crippen LogP contribution in [0.2, 0.25) is 0 Å². The van der Waals surface area contributed by atoms with Gasteiger partial charge in [0.05, 0.1) is 12.2 Å². The topological polar surface area (TPSA) is 109 Å². The van der Waals surface area contributed by atoms with Crippen molar-refractivity contribution < 1.29 is 9.47 Å². The summed E-state index contributed by atoms with van der Waals surface area (Å²) < 4.78 is 11.9. The maximum atomic E-state index is 5.94. The Balaban J connectivity index is 0.000000256. The number of rotatable bonds is 12. The fraction of sp³-hybridized carbons (Fsp3) is 0.600. The SMILES string of the molecule is CCc1cnc(NC2CCN(Cc3cc(OC(C)C)cc(OC(C)C)c3)CC2)nc1.CCc1cnc(NC2CCNCC2)nc1. The highest BCUT2D eigenvalue weighted by molar-refractivity contribution is 5.39. The number of piperidine rings is 2. The zero-order chi connectivity index (χ0) is 32.0. The average molecular weight is 619 g/mol. The van der Waals surface area contributed by atoms with E-state index >= 15 is 0 Å². The number of anilines is 2. The van der Waals surface area contributed by atoms with Crippen LogP contribution < -0.4 is 25.4 Å². The molecule has 1 aromatic carbocycles. The number of aromatic nitrogens is 4.